The molecule has 5 rings (SSSR count). The molecule has 3 atom stereocenters. The van der Waals surface area contributed by atoms with Gasteiger partial charge in [-0.1, -0.05) is 23.7 Å². The minimum Gasteiger partial charge on any atom is -0.493 e. The number of rotatable bonds is 8. The Morgan fingerprint density at radius 3 is 2.59 bits per heavy atom. The topological polar surface area (TPSA) is 103 Å². The van der Waals surface area contributed by atoms with Crippen molar-refractivity contribution in [3.8, 4) is 11.5 Å². The number of carbonyl (C=O) groups excluding carboxylic acids is 3. The van der Waals surface area contributed by atoms with Crippen LogP contribution >= 0.6 is 11.6 Å². The second-order valence-electron chi connectivity index (χ2n) is 9.33. The van der Waals surface area contributed by atoms with Crippen LogP contribution in [-0.2, 0) is 22.7 Å². The van der Waals surface area contributed by atoms with E-state index in [2.05, 4.69) is 10.4 Å². The fourth-order valence-corrected chi connectivity index (χ4v) is 5.32. The maximum atomic E-state index is 14.2. The molecule has 11 heteroatoms. The quantitative estimate of drug-likeness (QED) is 0.450. The van der Waals surface area contributed by atoms with E-state index >= 15 is 0 Å². The summed E-state index contributed by atoms with van der Waals surface area (Å²) in [5.74, 6) is -0.323. The molecule has 2 aromatic carbocycles. The Morgan fingerprint density at radius 2 is 1.89 bits per heavy atom. The summed E-state index contributed by atoms with van der Waals surface area (Å²) in [6.45, 7) is 1.21. The van der Waals surface area contributed by atoms with Crippen molar-refractivity contribution in [2.75, 3.05) is 14.2 Å². The molecular formula is C26H26ClFN4O5. The Balaban J connectivity index is 1.38. The Kier molecular flexibility index (Phi) is 6.53. The molecule has 3 aromatic rings. The summed E-state index contributed by atoms with van der Waals surface area (Å²) in [5, 5.41) is 7.68. The number of aromatic nitrogens is 2. The number of methoxy groups -OCH3 is 2. The molecule has 1 aliphatic carbocycles. The molecular weight excluding hydrogens is 503 g/mol. The number of nitrogens with one attached hydrogen (secondary N) is 1. The van der Waals surface area contributed by atoms with Crippen LogP contribution in [-0.4, -0.2) is 58.6 Å². The fourth-order valence-electron chi connectivity index (χ4n) is 5.12. The molecule has 2 aliphatic rings. The Labute approximate surface area is 217 Å². The molecule has 37 heavy (non-hydrogen) atoms. The van der Waals surface area contributed by atoms with Gasteiger partial charge >= 0.3 is 0 Å². The predicted octanol–water partition coefficient (Wildman–Crippen LogP) is 3.35. The number of nitrogens with zero attached hydrogens (tertiary/aromatic N) is 3. The van der Waals surface area contributed by atoms with E-state index in [0.29, 0.717) is 28.8 Å². The van der Waals surface area contributed by atoms with Crippen molar-refractivity contribution in [2.45, 2.75) is 44.9 Å². The predicted molar refractivity (Wildman–Crippen MR) is 133 cm³/mol. The van der Waals surface area contributed by atoms with E-state index in [1.165, 1.54) is 31.9 Å². The highest BCUT2D eigenvalue weighted by Gasteiger charge is 2.56. The molecule has 1 aliphatic heterocycles. The van der Waals surface area contributed by atoms with Gasteiger partial charge in [-0.05, 0) is 30.9 Å². The van der Waals surface area contributed by atoms with Gasteiger partial charge in [0, 0.05) is 36.5 Å². The largest absolute Gasteiger partial charge is 0.493 e. The second-order valence-corrected chi connectivity index (χ2v) is 9.74. The summed E-state index contributed by atoms with van der Waals surface area (Å²) in [5.41, 5.74) is 1.03. The number of ether oxygens (including phenoxy) is 2. The van der Waals surface area contributed by atoms with Gasteiger partial charge in [0.1, 0.15) is 24.1 Å². The van der Waals surface area contributed by atoms with Crippen molar-refractivity contribution < 1.29 is 28.2 Å². The SMILES string of the molecule is COc1cc2c(C(C)=O)nn(CC(=O)N3[C@@H]4C[C@@H]4C[C@H]3C(=O)NCc3cccc(Cl)c3F)c2cc1OC. The van der Waals surface area contributed by atoms with Crippen LogP contribution in [0, 0.1) is 11.7 Å². The zero-order chi connectivity index (χ0) is 26.4. The maximum Gasteiger partial charge on any atom is 0.245 e. The van der Waals surface area contributed by atoms with Gasteiger partial charge in [0.05, 0.1) is 24.8 Å². The first-order chi connectivity index (χ1) is 17.7. The first-order valence-corrected chi connectivity index (χ1v) is 12.3. The Morgan fingerprint density at radius 1 is 1.16 bits per heavy atom. The number of carbonyl (C=O) groups is 3. The molecule has 1 N–H and O–H groups in total. The smallest absolute Gasteiger partial charge is 0.245 e. The van der Waals surface area contributed by atoms with E-state index in [1.807, 2.05) is 0 Å². The number of hydrogen-bond acceptors (Lipinski definition) is 6. The van der Waals surface area contributed by atoms with Crippen LogP contribution < -0.4 is 14.8 Å². The highest BCUT2D eigenvalue weighted by Crippen LogP contribution is 2.48. The molecule has 194 valence electrons. The lowest BCUT2D eigenvalue weighted by molar-refractivity contribution is -0.140. The van der Waals surface area contributed by atoms with Gasteiger partial charge < -0.3 is 19.7 Å². The van der Waals surface area contributed by atoms with Crippen molar-refractivity contribution in [3.05, 3.63) is 52.4 Å². The molecule has 2 amide bonds. The molecule has 0 radical (unpaired) electrons. The van der Waals surface area contributed by atoms with Crippen molar-refractivity contribution >= 4 is 40.1 Å². The standard InChI is InChI=1S/C26H26ClFN4O5/c1-13(33)25-16-9-21(36-2)22(37-3)10-19(16)31(30-25)12-23(34)32-18-7-15(18)8-20(32)26(35)29-11-14-5-4-6-17(27)24(14)28/h4-6,9-10,15,18,20H,7-8,11-12H2,1-3H3,(H,29,35)/t15-,18-,20+/m1/s1. The summed E-state index contributed by atoms with van der Waals surface area (Å²) >= 11 is 5.84. The third-order valence-corrected chi connectivity index (χ3v) is 7.35. The summed E-state index contributed by atoms with van der Waals surface area (Å²) in [6, 6.07) is 7.26. The minimum atomic E-state index is -0.665. The summed E-state index contributed by atoms with van der Waals surface area (Å²) < 4.78 is 26.4. The van der Waals surface area contributed by atoms with Gasteiger partial charge in [-0.15, -0.1) is 0 Å². The molecule has 0 unspecified atom stereocenters. The van der Waals surface area contributed by atoms with Crippen LogP contribution in [0.4, 0.5) is 4.39 Å². The number of likely N-dealkylation sites (tertiary alicyclic amines) is 1. The van der Waals surface area contributed by atoms with Gasteiger partial charge in [0.2, 0.25) is 11.8 Å². The molecule has 2 fully saturated rings. The van der Waals surface area contributed by atoms with Crippen LogP contribution in [0.15, 0.2) is 30.3 Å². The zero-order valence-electron chi connectivity index (χ0n) is 20.6. The molecule has 0 spiro atoms. The number of amides is 2. The third-order valence-electron chi connectivity index (χ3n) is 7.05. The molecule has 0 bridgehead atoms. The van der Waals surface area contributed by atoms with Gasteiger partial charge in [-0.25, -0.2) is 4.39 Å². The van der Waals surface area contributed by atoms with E-state index in [4.69, 9.17) is 21.1 Å². The first-order valence-electron chi connectivity index (χ1n) is 11.9. The lowest BCUT2D eigenvalue weighted by Gasteiger charge is -2.27. The molecule has 2 heterocycles. The fraction of sp³-hybridized carbons (Fsp3) is 0.385. The number of Topliss-reactive ketones (excluding diaryl/α,β-unsaturated/α-hetero) is 1. The summed E-state index contributed by atoms with van der Waals surface area (Å²) in [4.78, 5) is 40.4. The van der Waals surface area contributed by atoms with Gasteiger partial charge in [0.25, 0.3) is 0 Å². The van der Waals surface area contributed by atoms with Crippen LogP contribution in [0.1, 0.15) is 35.8 Å². The van der Waals surface area contributed by atoms with Gasteiger partial charge in [-0.2, -0.15) is 5.10 Å². The van der Waals surface area contributed by atoms with Crippen LogP contribution in [0.3, 0.4) is 0 Å². The number of benzene rings is 2. The van der Waals surface area contributed by atoms with Crippen molar-refractivity contribution in [1.82, 2.24) is 20.0 Å². The normalized spacial score (nSPS) is 20.0. The van der Waals surface area contributed by atoms with E-state index in [-0.39, 0.29) is 58.9 Å². The number of ketones is 1. The highest BCUT2D eigenvalue weighted by atomic mass is 35.5. The van der Waals surface area contributed by atoms with Crippen molar-refractivity contribution in [2.24, 2.45) is 5.92 Å². The molecule has 1 saturated carbocycles. The number of hydrogen-bond donors (Lipinski definition) is 1. The monoisotopic (exact) mass is 528 g/mol. The van der Waals surface area contributed by atoms with Crippen LogP contribution in [0.2, 0.25) is 5.02 Å². The molecule has 9 nitrogen and oxygen atoms in total. The average Bonchev–Trinajstić information content (AvgIpc) is 3.40. The van der Waals surface area contributed by atoms with Gasteiger partial charge in [-0.3, -0.25) is 19.1 Å². The molecule has 1 aromatic heterocycles. The van der Waals surface area contributed by atoms with Gasteiger partial charge in [0.15, 0.2) is 17.3 Å². The van der Waals surface area contributed by atoms with E-state index in [9.17, 15) is 18.8 Å². The lowest BCUT2D eigenvalue weighted by atomic mass is 10.1. The van der Waals surface area contributed by atoms with Crippen LogP contribution in [0.5, 0.6) is 11.5 Å². The van der Waals surface area contributed by atoms with Crippen molar-refractivity contribution in [3.63, 3.8) is 0 Å². The lowest BCUT2D eigenvalue weighted by Crippen LogP contribution is -2.48. The highest BCUT2D eigenvalue weighted by molar-refractivity contribution is 6.30. The average molecular weight is 529 g/mol. The summed E-state index contributed by atoms with van der Waals surface area (Å²) in [6.07, 6.45) is 1.38. The second kappa shape index (κ2) is 9.66. The Bertz CT molecular complexity index is 1420. The minimum absolute atomic E-state index is 0.0173. The number of piperidine rings is 1. The number of halogens is 2. The number of fused-ring (bicyclic) bond motifs is 2. The van der Waals surface area contributed by atoms with Crippen molar-refractivity contribution in [1.29, 1.82) is 0 Å². The molecule has 1 saturated heterocycles. The third kappa shape index (κ3) is 4.50. The van der Waals surface area contributed by atoms with E-state index < -0.39 is 11.9 Å². The first kappa shape index (κ1) is 25.0. The zero-order valence-corrected chi connectivity index (χ0v) is 21.3. The van der Waals surface area contributed by atoms with E-state index in [1.54, 1.807) is 29.2 Å². The maximum absolute atomic E-state index is 14.2. The van der Waals surface area contributed by atoms with E-state index in [0.717, 1.165) is 6.42 Å². The van der Waals surface area contributed by atoms with Crippen LogP contribution in [0.25, 0.3) is 10.9 Å². The Hall–Kier alpha value is -3.66. The summed E-state index contributed by atoms with van der Waals surface area (Å²) in [7, 11) is 2.99.